The van der Waals surface area contributed by atoms with Gasteiger partial charge in [-0.05, 0) is 19.9 Å². The second-order valence-electron chi connectivity index (χ2n) is 7.08. The lowest BCUT2D eigenvalue weighted by molar-refractivity contribution is 0.0947. The zero-order valence-electron chi connectivity index (χ0n) is 15.2. The Hall–Kier alpha value is -2.48. The monoisotopic (exact) mass is 355 g/mol. The molecule has 8 heteroatoms. The van der Waals surface area contributed by atoms with E-state index in [4.69, 9.17) is 0 Å². The molecule has 4 heterocycles. The molecular formula is C18H25N7O. The molecule has 0 aliphatic carbocycles. The Kier molecular flexibility index (Phi) is 4.83. The molecule has 138 valence electrons. The van der Waals surface area contributed by atoms with Gasteiger partial charge in [-0.15, -0.1) is 0 Å². The van der Waals surface area contributed by atoms with Gasteiger partial charge in [-0.3, -0.25) is 9.89 Å². The normalized spacial score (nSPS) is 17.3. The molecule has 2 aromatic rings. The van der Waals surface area contributed by atoms with E-state index >= 15 is 0 Å². The Morgan fingerprint density at radius 3 is 2.96 bits per heavy atom. The van der Waals surface area contributed by atoms with Gasteiger partial charge in [0, 0.05) is 68.6 Å². The molecule has 2 aliphatic heterocycles. The topological polar surface area (TPSA) is 90.0 Å². The maximum atomic E-state index is 12.5. The van der Waals surface area contributed by atoms with Gasteiger partial charge < -0.3 is 15.1 Å². The molecule has 1 fully saturated rings. The highest BCUT2D eigenvalue weighted by Crippen LogP contribution is 2.19. The van der Waals surface area contributed by atoms with Crippen molar-refractivity contribution in [2.24, 2.45) is 0 Å². The van der Waals surface area contributed by atoms with Crippen LogP contribution in [-0.4, -0.2) is 64.2 Å². The summed E-state index contributed by atoms with van der Waals surface area (Å²) in [5.41, 5.74) is 3.58. The lowest BCUT2D eigenvalue weighted by Gasteiger charge is -2.22. The Bertz CT molecular complexity index is 782. The minimum atomic E-state index is -0.119. The average Bonchev–Trinajstić information content (AvgIpc) is 3.31. The van der Waals surface area contributed by atoms with Crippen LogP contribution in [0.15, 0.2) is 12.4 Å². The van der Waals surface area contributed by atoms with Crippen molar-refractivity contribution in [2.45, 2.75) is 32.2 Å². The van der Waals surface area contributed by atoms with Crippen molar-refractivity contribution >= 4 is 11.7 Å². The van der Waals surface area contributed by atoms with Crippen LogP contribution >= 0.6 is 0 Å². The van der Waals surface area contributed by atoms with Gasteiger partial charge in [0.15, 0.2) is 5.69 Å². The largest absolute Gasteiger partial charge is 0.357 e. The highest BCUT2D eigenvalue weighted by atomic mass is 16.1. The van der Waals surface area contributed by atoms with Crippen molar-refractivity contribution < 1.29 is 4.79 Å². The van der Waals surface area contributed by atoms with Gasteiger partial charge in [0.1, 0.15) is 12.1 Å². The number of hydrogen-bond acceptors (Lipinski definition) is 6. The number of carbonyl (C=O) groups is 1. The third-order valence-electron chi connectivity index (χ3n) is 5.15. The van der Waals surface area contributed by atoms with E-state index < -0.39 is 0 Å². The fourth-order valence-corrected chi connectivity index (χ4v) is 3.65. The van der Waals surface area contributed by atoms with E-state index in [0.29, 0.717) is 18.7 Å². The fourth-order valence-electron chi connectivity index (χ4n) is 3.65. The molecule has 8 nitrogen and oxygen atoms in total. The third-order valence-corrected chi connectivity index (χ3v) is 5.15. The maximum Gasteiger partial charge on any atom is 0.272 e. The van der Waals surface area contributed by atoms with E-state index in [1.54, 1.807) is 6.33 Å². The summed E-state index contributed by atoms with van der Waals surface area (Å²) in [6, 6.07) is 2.03. The Morgan fingerprint density at radius 2 is 2.12 bits per heavy atom. The highest BCUT2D eigenvalue weighted by molar-refractivity contribution is 5.94. The number of fused-ring (bicyclic) bond motifs is 1. The molecule has 0 spiro atoms. The van der Waals surface area contributed by atoms with Crippen molar-refractivity contribution in [1.82, 2.24) is 30.4 Å². The molecule has 0 unspecified atom stereocenters. The minimum Gasteiger partial charge on any atom is -0.357 e. The minimum absolute atomic E-state index is 0.119. The van der Waals surface area contributed by atoms with Gasteiger partial charge in [0.05, 0.1) is 0 Å². The number of H-pyrrole nitrogens is 1. The van der Waals surface area contributed by atoms with Crippen LogP contribution in [-0.2, 0) is 19.4 Å². The molecule has 0 atom stereocenters. The second kappa shape index (κ2) is 7.41. The summed E-state index contributed by atoms with van der Waals surface area (Å²) in [7, 11) is 2.06. The van der Waals surface area contributed by atoms with E-state index in [1.165, 1.54) is 12.8 Å². The molecule has 4 rings (SSSR count). The SMILES string of the molecule is CN1CCc2[nH]nc(C(=O)NCCc3cc(N4CCCC4)ncn3)c2C1. The predicted molar refractivity (Wildman–Crippen MR) is 98.1 cm³/mol. The number of rotatable bonds is 5. The molecular weight excluding hydrogens is 330 g/mol. The van der Waals surface area contributed by atoms with Crippen molar-refractivity contribution in [3.63, 3.8) is 0 Å². The molecule has 26 heavy (non-hydrogen) atoms. The summed E-state index contributed by atoms with van der Waals surface area (Å²) in [5, 5.41) is 10.2. The fraction of sp³-hybridized carbons (Fsp3) is 0.556. The molecule has 2 aliphatic rings. The first-order chi connectivity index (χ1) is 12.7. The first-order valence-corrected chi connectivity index (χ1v) is 9.29. The summed E-state index contributed by atoms with van der Waals surface area (Å²) in [5.74, 6) is 0.870. The number of anilines is 1. The van der Waals surface area contributed by atoms with E-state index in [-0.39, 0.29) is 5.91 Å². The number of amides is 1. The smallest absolute Gasteiger partial charge is 0.272 e. The number of aromatic amines is 1. The molecule has 0 aromatic carbocycles. The van der Waals surface area contributed by atoms with Crippen LogP contribution in [0, 0.1) is 0 Å². The Labute approximate surface area is 153 Å². The predicted octanol–water partition coefficient (Wildman–Crippen LogP) is 0.760. The van der Waals surface area contributed by atoms with Gasteiger partial charge in [-0.1, -0.05) is 0 Å². The average molecular weight is 355 g/mol. The molecule has 1 amide bonds. The molecule has 0 bridgehead atoms. The van der Waals surface area contributed by atoms with E-state index in [9.17, 15) is 4.79 Å². The summed E-state index contributed by atoms with van der Waals surface area (Å²) < 4.78 is 0. The lowest BCUT2D eigenvalue weighted by atomic mass is 10.1. The van der Waals surface area contributed by atoms with Gasteiger partial charge in [-0.2, -0.15) is 5.10 Å². The van der Waals surface area contributed by atoms with Crippen molar-refractivity contribution in [2.75, 3.05) is 38.1 Å². The summed E-state index contributed by atoms with van der Waals surface area (Å²) in [6.07, 6.45) is 5.65. The number of nitrogens with zero attached hydrogens (tertiary/aromatic N) is 5. The van der Waals surface area contributed by atoms with Crippen LogP contribution in [0.2, 0.25) is 0 Å². The Morgan fingerprint density at radius 1 is 1.27 bits per heavy atom. The van der Waals surface area contributed by atoms with Gasteiger partial charge >= 0.3 is 0 Å². The van der Waals surface area contributed by atoms with Gasteiger partial charge in [0.25, 0.3) is 5.91 Å². The maximum absolute atomic E-state index is 12.5. The zero-order chi connectivity index (χ0) is 17.9. The quantitative estimate of drug-likeness (QED) is 0.823. The van der Waals surface area contributed by atoms with Crippen molar-refractivity contribution in [3.05, 3.63) is 35.0 Å². The van der Waals surface area contributed by atoms with E-state index in [1.807, 2.05) is 6.07 Å². The van der Waals surface area contributed by atoms with Crippen LogP contribution < -0.4 is 10.2 Å². The van der Waals surface area contributed by atoms with Gasteiger partial charge in [0.2, 0.25) is 0 Å². The van der Waals surface area contributed by atoms with Crippen molar-refractivity contribution in [3.8, 4) is 0 Å². The molecule has 2 N–H and O–H groups in total. The summed E-state index contributed by atoms with van der Waals surface area (Å²) in [4.78, 5) is 25.7. The van der Waals surface area contributed by atoms with Crippen LogP contribution in [0.25, 0.3) is 0 Å². The molecule has 0 radical (unpaired) electrons. The third kappa shape index (κ3) is 3.55. The molecule has 0 saturated carbocycles. The molecule has 2 aromatic heterocycles. The van der Waals surface area contributed by atoms with Crippen LogP contribution in [0.1, 0.15) is 40.3 Å². The summed E-state index contributed by atoms with van der Waals surface area (Å²) >= 11 is 0. The number of carbonyl (C=O) groups excluding carboxylic acids is 1. The first kappa shape index (κ1) is 17.0. The first-order valence-electron chi connectivity index (χ1n) is 9.29. The highest BCUT2D eigenvalue weighted by Gasteiger charge is 2.23. The number of hydrogen-bond donors (Lipinski definition) is 2. The zero-order valence-corrected chi connectivity index (χ0v) is 15.2. The lowest BCUT2D eigenvalue weighted by Crippen LogP contribution is -2.30. The molecule has 1 saturated heterocycles. The number of likely N-dealkylation sites (N-methyl/N-ethyl adjacent to an activating group) is 1. The van der Waals surface area contributed by atoms with E-state index in [2.05, 4.69) is 42.3 Å². The van der Waals surface area contributed by atoms with Crippen LogP contribution in [0.5, 0.6) is 0 Å². The second-order valence-corrected chi connectivity index (χ2v) is 7.08. The standard InChI is InChI=1S/C18H25N7O/c1-24-9-5-15-14(11-24)17(23-22-15)18(26)19-6-4-13-10-16(21-12-20-13)25-7-2-3-8-25/h10,12H,2-9,11H2,1H3,(H,19,26)(H,22,23). The van der Waals surface area contributed by atoms with Crippen LogP contribution in [0.3, 0.4) is 0 Å². The number of aromatic nitrogens is 4. The summed E-state index contributed by atoms with van der Waals surface area (Å²) in [6.45, 7) is 4.41. The van der Waals surface area contributed by atoms with Crippen LogP contribution in [0.4, 0.5) is 5.82 Å². The Balaban J connectivity index is 1.34. The van der Waals surface area contributed by atoms with Gasteiger partial charge in [-0.25, -0.2) is 9.97 Å². The van der Waals surface area contributed by atoms with E-state index in [0.717, 1.165) is 55.4 Å². The number of nitrogens with one attached hydrogen (secondary N) is 2. The van der Waals surface area contributed by atoms with Crippen molar-refractivity contribution in [1.29, 1.82) is 0 Å².